The number of nitrogens with zero attached hydrogens (tertiary/aromatic N) is 2. The topological polar surface area (TPSA) is 45.9 Å². The van der Waals surface area contributed by atoms with E-state index in [1.165, 1.54) is 0 Å². The van der Waals surface area contributed by atoms with E-state index in [1.54, 1.807) is 18.4 Å². The summed E-state index contributed by atoms with van der Waals surface area (Å²) in [4.78, 5) is 16.7. The molecule has 2 saturated heterocycles. The average molecular weight is 292 g/mol. The van der Waals surface area contributed by atoms with Crippen LogP contribution in [-0.2, 0) is 4.74 Å². The predicted octanol–water partition coefficient (Wildman–Crippen LogP) is 1.99. The van der Waals surface area contributed by atoms with Gasteiger partial charge in [-0.3, -0.25) is 9.69 Å². The first-order chi connectivity index (χ1) is 10.1. The second kappa shape index (κ2) is 6.20. The zero-order valence-electron chi connectivity index (χ0n) is 12.8. The summed E-state index contributed by atoms with van der Waals surface area (Å²) in [6.07, 6.45) is 4.22. The van der Waals surface area contributed by atoms with E-state index in [0.29, 0.717) is 24.0 Å². The van der Waals surface area contributed by atoms with Gasteiger partial charge in [0.05, 0.1) is 18.5 Å². The van der Waals surface area contributed by atoms with E-state index in [9.17, 15) is 4.79 Å². The summed E-state index contributed by atoms with van der Waals surface area (Å²) in [6, 6.07) is 4.07. The van der Waals surface area contributed by atoms with Crippen LogP contribution < -0.4 is 0 Å². The predicted molar refractivity (Wildman–Crippen MR) is 79.2 cm³/mol. The lowest BCUT2D eigenvalue weighted by molar-refractivity contribution is -0.0856. The molecule has 5 heteroatoms. The van der Waals surface area contributed by atoms with E-state index < -0.39 is 0 Å². The molecule has 2 atom stereocenters. The van der Waals surface area contributed by atoms with Gasteiger partial charge in [-0.05, 0) is 38.8 Å². The number of piperidine rings is 1. The summed E-state index contributed by atoms with van der Waals surface area (Å²) in [7, 11) is 0. The van der Waals surface area contributed by atoms with Crippen molar-refractivity contribution in [2.45, 2.75) is 44.9 Å². The number of carbonyl (C=O) groups excluding carboxylic acids is 1. The number of rotatable bonds is 2. The van der Waals surface area contributed by atoms with E-state index in [1.807, 2.05) is 4.90 Å². The quantitative estimate of drug-likeness (QED) is 0.836. The van der Waals surface area contributed by atoms with Crippen LogP contribution in [0.2, 0.25) is 0 Å². The molecule has 21 heavy (non-hydrogen) atoms. The molecule has 0 bridgehead atoms. The first-order valence-electron chi connectivity index (χ1n) is 7.86. The maximum absolute atomic E-state index is 12.2. The number of likely N-dealkylation sites (tertiary alicyclic amines) is 1. The lowest BCUT2D eigenvalue weighted by Gasteiger charge is -2.43. The summed E-state index contributed by atoms with van der Waals surface area (Å²) in [5, 5.41) is 0. The molecule has 5 nitrogen and oxygen atoms in total. The molecule has 0 spiro atoms. The van der Waals surface area contributed by atoms with Crippen LogP contribution in [0.3, 0.4) is 0 Å². The maximum atomic E-state index is 12.2. The lowest BCUT2D eigenvalue weighted by atomic mass is 10.0. The van der Waals surface area contributed by atoms with Gasteiger partial charge in [0.25, 0.3) is 5.91 Å². The molecule has 0 radical (unpaired) electrons. The van der Waals surface area contributed by atoms with Crippen molar-refractivity contribution in [3.8, 4) is 0 Å². The number of hydrogen-bond acceptors (Lipinski definition) is 4. The molecular formula is C16H24N2O3. The van der Waals surface area contributed by atoms with Crippen molar-refractivity contribution in [3.05, 3.63) is 24.2 Å². The van der Waals surface area contributed by atoms with E-state index in [0.717, 1.165) is 39.0 Å². The van der Waals surface area contributed by atoms with Crippen molar-refractivity contribution >= 4 is 5.91 Å². The number of amides is 1. The minimum absolute atomic E-state index is 0.0159. The van der Waals surface area contributed by atoms with Gasteiger partial charge in [-0.1, -0.05) is 0 Å². The summed E-state index contributed by atoms with van der Waals surface area (Å²) >= 11 is 0. The van der Waals surface area contributed by atoms with Crippen LogP contribution in [0.1, 0.15) is 37.2 Å². The summed E-state index contributed by atoms with van der Waals surface area (Å²) in [6.45, 7) is 7.90. The van der Waals surface area contributed by atoms with Gasteiger partial charge in [-0.2, -0.15) is 0 Å². The van der Waals surface area contributed by atoms with Crippen molar-refractivity contribution in [2.24, 2.45) is 0 Å². The highest BCUT2D eigenvalue weighted by atomic mass is 16.5. The lowest BCUT2D eigenvalue weighted by Crippen LogP contribution is -2.53. The van der Waals surface area contributed by atoms with Gasteiger partial charge >= 0.3 is 0 Å². The summed E-state index contributed by atoms with van der Waals surface area (Å²) in [5.74, 6) is 0.462. The molecule has 2 aliphatic heterocycles. The molecule has 1 aromatic heterocycles. The van der Waals surface area contributed by atoms with E-state index in [2.05, 4.69) is 18.7 Å². The molecule has 2 fully saturated rings. The van der Waals surface area contributed by atoms with Crippen molar-refractivity contribution in [1.29, 1.82) is 0 Å². The number of ether oxygens (including phenoxy) is 1. The second-order valence-corrected chi connectivity index (χ2v) is 6.21. The first kappa shape index (κ1) is 14.6. The SMILES string of the molecule is C[C@H]1CN(C2CCN(C(=O)c3ccco3)CC2)C[C@H](C)O1. The number of carbonyl (C=O) groups is 1. The first-order valence-corrected chi connectivity index (χ1v) is 7.86. The standard InChI is InChI=1S/C16H24N2O3/c1-12-10-18(11-13(2)21-12)14-5-7-17(8-6-14)16(19)15-4-3-9-20-15/h3-4,9,12-14H,5-8,10-11H2,1-2H3/t12-,13-/m0/s1. The summed E-state index contributed by atoms with van der Waals surface area (Å²) < 4.78 is 11.0. The number of furan rings is 1. The van der Waals surface area contributed by atoms with Crippen molar-refractivity contribution in [3.63, 3.8) is 0 Å². The molecule has 0 aliphatic carbocycles. The van der Waals surface area contributed by atoms with Crippen LogP contribution in [0.15, 0.2) is 22.8 Å². The van der Waals surface area contributed by atoms with Crippen molar-refractivity contribution < 1.29 is 13.9 Å². The number of morpholine rings is 1. The molecular weight excluding hydrogens is 268 g/mol. The number of hydrogen-bond donors (Lipinski definition) is 0. The third-order valence-electron chi connectivity index (χ3n) is 4.45. The fourth-order valence-corrected chi connectivity index (χ4v) is 3.51. The van der Waals surface area contributed by atoms with Gasteiger partial charge in [-0.25, -0.2) is 0 Å². The largest absolute Gasteiger partial charge is 0.459 e. The molecule has 0 N–H and O–H groups in total. The normalized spacial score (nSPS) is 28.8. The van der Waals surface area contributed by atoms with E-state index in [4.69, 9.17) is 9.15 Å². The molecule has 2 aliphatic rings. The zero-order chi connectivity index (χ0) is 14.8. The minimum atomic E-state index is 0.0159. The van der Waals surface area contributed by atoms with Gasteiger partial charge in [0.15, 0.2) is 5.76 Å². The highest BCUT2D eigenvalue weighted by molar-refractivity contribution is 5.91. The monoisotopic (exact) mass is 292 g/mol. The Morgan fingerprint density at radius 2 is 1.86 bits per heavy atom. The van der Waals surface area contributed by atoms with Crippen LogP contribution >= 0.6 is 0 Å². The Balaban J connectivity index is 1.54. The molecule has 3 heterocycles. The Bertz CT molecular complexity index is 456. The van der Waals surface area contributed by atoms with E-state index >= 15 is 0 Å². The van der Waals surface area contributed by atoms with Crippen LogP contribution in [-0.4, -0.2) is 60.1 Å². The van der Waals surface area contributed by atoms with E-state index in [-0.39, 0.29) is 5.91 Å². The molecule has 0 aromatic carbocycles. The van der Waals surface area contributed by atoms with Gasteiger partial charge < -0.3 is 14.1 Å². The van der Waals surface area contributed by atoms with Crippen molar-refractivity contribution in [2.75, 3.05) is 26.2 Å². The smallest absolute Gasteiger partial charge is 0.289 e. The maximum Gasteiger partial charge on any atom is 0.289 e. The Morgan fingerprint density at radius 3 is 2.43 bits per heavy atom. The molecule has 1 amide bonds. The van der Waals surface area contributed by atoms with Gasteiger partial charge in [0.1, 0.15) is 0 Å². The second-order valence-electron chi connectivity index (χ2n) is 6.21. The molecule has 3 rings (SSSR count). The van der Waals surface area contributed by atoms with Gasteiger partial charge in [0, 0.05) is 32.2 Å². The third kappa shape index (κ3) is 3.30. The molecule has 0 unspecified atom stereocenters. The van der Waals surface area contributed by atoms with Crippen LogP contribution in [0.5, 0.6) is 0 Å². The highest BCUT2D eigenvalue weighted by Crippen LogP contribution is 2.22. The van der Waals surface area contributed by atoms with Crippen LogP contribution in [0.4, 0.5) is 0 Å². The highest BCUT2D eigenvalue weighted by Gasteiger charge is 2.32. The fraction of sp³-hybridized carbons (Fsp3) is 0.688. The Kier molecular flexibility index (Phi) is 4.31. The average Bonchev–Trinajstić information content (AvgIpc) is 3.00. The van der Waals surface area contributed by atoms with Crippen LogP contribution in [0, 0.1) is 0 Å². The minimum Gasteiger partial charge on any atom is -0.459 e. The third-order valence-corrected chi connectivity index (χ3v) is 4.45. The molecule has 1 aromatic rings. The Hall–Kier alpha value is -1.33. The molecule has 0 saturated carbocycles. The molecule has 116 valence electrons. The fourth-order valence-electron chi connectivity index (χ4n) is 3.51. The zero-order valence-corrected chi connectivity index (χ0v) is 12.8. The Labute approximate surface area is 125 Å². The van der Waals surface area contributed by atoms with Gasteiger partial charge in [-0.15, -0.1) is 0 Å². The van der Waals surface area contributed by atoms with Gasteiger partial charge in [0.2, 0.25) is 0 Å². The van der Waals surface area contributed by atoms with Crippen LogP contribution in [0.25, 0.3) is 0 Å². The Morgan fingerprint density at radius 1 is 1.19 bits per heavy atom. The summed E-state index contributed by atoms with van der Waals surface area (Å²) in [5.41, 5.74) is 0. The van der Waals surface area contributed by atoms with Crippen molar-refractivity contribution in [1.82, 2.24) is 9.80 Å².